The van der Waals surface area contributed by atoms with Gasteiger partial charge in [-0.05, 0) is 38.1 Å². The smallest absolute Gasteiger partial charge is 0.321 e. The highest BCUT2D eigenvalue weighted by molar-refractivity contribution is 6.30. The molecular weight excluding hydrogens is 587 g/mol. The molecule has 3 aromatic rings. The van der Waals surface area contributed by atoms with Crippen LogP contribution in [-0.2, 0) is 22.7 Å². The van der Waals surface area contributed by atoms with E-state index in [1.807, 2.05) is 0 Å². The summed E-state index contributed by atoms with van der Waals surface area (Å²) in [6, 6.07) is 7.67. The van der Waals surface area contributed by atoms with Crippen LogP contribution in [0.25, 0.3) is 10.9 Å². The van der Waals surface area contributed by atoms with E-state index in [4.69, 9.17) is 11.6 Å². The molecule has 228 valence electrons. The molecule has 0 bridgehead atoms. The predicted molar refractivity (Wildman–Crippen MR) is 155 cm³/mol. The second kappa shape index (κ2) is 11.9. The second-order valence-corrected chi connectivity index (χ2v) is 11.7. The third kappa shape index (κ3) is 6.48. The fourth-order valence-electron chi connectivity index (χ4n) is 5.62. The summed E-state index contributed by atoms with van der Waals surface area (Å²) in [7, 11) is 0. The Balaban J connectivity index is 1.31. The van der Waals surface area contributed by atoms with Crippen molar-refractivity contribution in [2.75, 3.05) is 25.0 Å². The molecule has 0 saturated carbocycles. The molecule has 2 aromatic carbocycles. The summed E-state index contributed by atoms with van der Waals surface area (Å²) in [5.41, 5.74) is -0.0789. The van der Waals surface area contributed by atoms with Gasteiger partial charge in [0.2, 0.25) is 11.8 Å². The van der Waals surface area contributed by atoms with E-state index in [0.29, 0.717) is 22.2 Å². The summed E-state index contributed by atoms with van der Waals surface area (Å²) in [6.07, 6.45) is 0.121. The average molecular weight is 618 g/mol. The van der Waals surface area contributed by atoms with E-state index in [2.05, 4.69) is 10.6 Å². The molecule has 0 spiro atoms. The maximum atomic E-state index is 14.5. The zero-order chi connectivity index (χ0) is 31.1. The molecule has 0 aliphatic carbocycles. The number of benzene rings is 2. The summed E-state index contributed by atoms with van der Waals surface area (Å²) >= 11 is 5.80. The topological polar surface area (TPSA) is 104 Å². The number of carbonyl (C=O) groups is 4. The van der Waals surface area contributed by atoms with Crippen molar-refractivity contribution in [3.05, 3.63) is 64.6 Å². The van der Waals surface area contributed by atoms with Crippen molar-refractivity contribution in [1.29, 1.82) is 0 Å². The van der Waals surface area contributed by atoms with Gasteiger partial charge in [0, 0.05) is 59.8 Å². The Morgan fingerprint density at radius 2 is 1.93 bits per heavy atom. The summed E-state index contributed by atoms with van der Waals surface area (Å²) < 4.78 is 44.4. The number of rotatable bonds is 7. The van der Waals surface area contributed by atoms with Crippen LogP contribution in [0.3, 0.4) is 0 Å². The molecule has 2 aliphatic heterocycles. The Morgan fingerprint density at radius 1 is 1.16 bits per heavy atom. The van der Waals surface area contributed by atoms with Crippen LogP contribution in [-0.4, -0.2) is 75.5 Å². The van der Waals surface area contributed by atoms with E-state index in [-0.39, 0.29) is 61.9 Å². The fourth-order valence-corrected chi connectivity index (χ4v) is 5.81. The number of hydrogen-bond acceptors (Lipinski definition) is 4. The zero-order valence-corrected chi connectivity index (χ0v) is 24.4. The highest BCUT2D eigenvalue weighted by Crippen LogP contribution is 2.29. The van der Waals surface area contributed by atoms with Crippen LogP contribution in [0.2, 0.25) is 5.02 Å². The number of fused-ring (bicyclic) bond motifs is 1. The maximum Gasteiger partial charge on any atom is 0.321 e. The monoisotopic (exact) mass is 617 g/mol. The maximum absolute atomic E-state index is 14.5. The van der Waals surface area contributed by atoms with Gasteiger partial charge in [0.05, 0.1) is 18.1 Å². The van der Waals surface area contributed by atoms with Crippen molar-refractivity contribution < 1.29 is 32.3 Å². The highest BCUT2D eigenvalue weighted by atomic mass is 35.5. The van der Waals surface area contributed by atoms with Crippen molar-refractivity contribution in [2.45, 2.75) is 57.7 Å². The summed E-state index contributed by atoms with van der Waals surface area (Å²) in [6.45, 7) is 2.33. The van der Waals surface area contributed by atoms with Crippen LogP contribution >= 0.6 is 11.6 Å². The van der Waals surface area contributed by atoms with Crippen molar-refractivity contribution >= 4 is 51.8 Å². The van der Waals surface area contributed by atoms with Gasteiger partial charge in [0.15, 0.2) is 5.78 Å². The number of likely N-dealkylation sites (tertiary alicyclic amines) is 2. The first-order chi connectivity index (χ1) is 20.3. The largest absolute Gasteiger partial charge is 0.350 e. The van der Waals surface area contributed by atoms with Crippen LogP contribution in [0.15, 0.2) is 42.6 Å². The van der Waals surface area contributed by atoms with E-state index in [1.165, 1.54) is 47.7 Å². The first-order valence-corrected chi connectivity index (χ1v) is 14.2. The molecule has 5 rings (SSSR count). The average Bonchev–Trinajstić information content (AvgIpc) is 3.63. The molecule has 13 heteroatoms. The SMILES string of the molecule is CC(=O)c1cn(CC(=O)N2C[C@H](F)C[C@H]2C(=O)NCc2cccc(Cl)c2F)c2ccc(NC(=O)N3CCC(C)(F)C3)cc12. The molecule has 2 fully saturated rings. The fraction of sp³-hybridized carbons (Fsp3) is 0.400. The minimum absolute atomic E-state index is 0.0228. The lowest BCUT2D eigenvalue weighted by molar-refractivity contribution is -0.139. The Labute approximate surface area is 250 Å². The summed E-state index contributed by atoms with van der Waals surface area (Å²) in [5, 5.41) is 5.69. The molecule has 3 atom stereocenters. The first kappa shape index (κ1) is 30.4. The van der Waals surface area contributed by atoms with Gasteiger partial charge in [-0.15, -0.1) is 0 Å². The minimum Gasteiger partial charge on any atom is -0.350 e. The number of urea groups is 1. The van der Waals surface area contributed by atoms with Gasteiger partial charge in [0.1, 0.15) is 30.2 Å². The summed E-state index contributed by atoms with van der Waals surface area (Å²) in [5.74, 6) is -2.11. The van der Waals surface area contributed by atoms with E-state index in [0.717, 1.165) is 4.90 Å². The number of Topliss-reactive ketones (excluding diaryl/α,β-unsaturated/α-hetero) is 1. The molecule has 2 aliphatic rings. The Morgan fingerprint density at radius 3 is 2.63 bits per heavy atom. The number of ketones is 1. The Kier molecular flexibility index (Phi) is 8.42. The van der Waals surface area contributed by atoms with Crippen molar-refractivity contribution in [3.8, 4) is 0 Å². The number of nitrogens with zero attached hydrogens (tertiary/aromatic N) is 3. The third-order valence-corrected chi connectivity index (χ3v) is 8.18. The lowest BCUT2D eigenvalue weighted by atomic mass is 10.1. The van der Waals surface area contributed by atoms with Gasteiger partial charge in [-0.1, -0.05) is 23.7 Å². The minimum atomic E-state index is -1.45. The number of aromatic nitrogens is 1. The van der Waals surface area contributed by atoms with Crippen LogP contribution < -0.4 is 10.6 Å². The number of carbonyl (C=O) groups excluding carboxylic acids is 4. The van der Waals surface area contributed by atoms with Gasteiger partial charge in [-0.25, -0.2) is 18.0 Å². The van der Waals surface area contributed by atoms with Crippen LogP contribution in [0.5, 0.6) is 0 Å². The Hall–Kier alpha value is -4.06. The van der Waals surface area contributed by atoms with E-state index in [1.54, 1.807) is 18.2 Å². The van der Waals surface area contributed by atoms with Gasteiger partial charge < -0.3 is 25.0 Å². The molecule has 2 saturated heterocycles. The number of alkyl halides is 2. The van der Waals surface area contributed by atoms with E-state index in [9.17, 15) is 32.3 Å². The lowest BCUT2D eigenvalue weighted by Crippen LogP contribution is -2.46. The van der Waals surface area contributed by atoms with Crippen LogP contribution in [0, 0.1) is 5.82 Å². The Bertz CT molecular complexity index is 1610. The van der Waals surface area contributed by atoms with E-state index >= 15 is 0 Å². The molecule has 0 radical (unpaired) electrons. The molecule has 1 unspecified atom stereocenters. The second-order valence-electron chi connectivity index (χ2n) is 11.3. The van der Waals surface area contributed by atoms with Crippen molar-refractivity contribution in [1.82, 2.24) is 19.7 Å². The molecule has 43 heavy (non-hydrogen) atoms. The zero-order valence-electron chi connectivity index (χ0n) is 23.6. The number of amides is 4. The normalized spacial score (nSPS) is 21.8. The molecule has 9 nitrogen and oxygen atoms in total. The molecule has 3 heterocycles. The van der Waals surface area contributed by atoms with Gasteiger partial charge in [-0.3, -0.25) is 14.4 Å². The number of halogens is 4. The summed E-state index contributed by atoms with van der Waals surface area (Å²) in [4.78, 5) is 54.0. The lowest BCUT2D eigenvalue weighted by Gasteiger charge is -2.24. The number of hydrogen-bond donors (Lipinski definition) is 2. The van der Waals surface area contributed by atoms with Gasteiger partial charge >= 0.3 is 6.03 Å². The van der Waals surface area contributed by atoms with Crippen molar-refractivity contribution in [2.24, 2.45) is 0 Å². The highest BCUT2D eigenvalue weighted by Gasteiger charge is 2.40. The predicted octanol–water partition coefficient (Wildman–Crippen LogP) is 4.86. The van der Waals surface area contributed by atoms with E-state index < -0.39 is 41.5 Å². The quantitative estimate of drug-likeness (QED) is 0.370. The van der Waals surface area contributed by atoms with Crippen LogP contribution in [0.1, 0.15) is 42.6 Å². The van der Waals surface area contributed by atoms with Crippen molar-refractivity contribution in [3.63, 3.8) is 0 Å². The van der Waals surface area contributed by atoms with Gasteiger partial charge in [-0.2, -0.15) is 0 Å². The molecule has 4 amide bonds. The molecular formula is C30H31ClF3N5O4. The van der Waals surface area contributed by atoms with Gasteiger partial charge in [0.25, 0.3) is 0 Å². The first-order valence-electron chi connectivity index (χ1n) is 13.9. The molecule has 2 N–H and O–H groups in total. The number of nitrogens with one attached hydrogen (secondary N) is 2. The standard InChI is InChI=1S/C30H31ClF3N5O4/c1-17(40)22-14-38(24-7-6-20(11-21(22)24)36-29(43)37-9-8-30(2,34)16-37)15-26(41)39-13-19(32)10-25(39)28(42)35-12-18-4-3-5-23(31)27(18)33/h3-7,11,14,19,25H,8-10,12-13,15-16H2,1-2H3,(H,35,42)(H,36,43)/t19-,25+,30?/m1/s1. The third-order valence-electron chi connectivity index (χ3n) is 7.89. The number of anilines is 1. The molecule has 1 aromatic heterocycles. The van der Waals surface area contributed by atoms with Crippen LogP contribution in [0.4, 0.5) is 23.7 Å².